The summed E-state index contributed by atoms with van der Waals surface area (Å²) in [6, 6.07) is 9.18. The van der Waals surface area contributed by atoms with Gasteiger partial charge in [-0.2, -0.15) is 4.31 Å². The number of carbonyl (C=O) groups is 1. The fourth-order valence-corrected chi connectivity index (χ4v) is 4.15. The van der Waals surface area contributed by atoms with Crippen molar-refractivity contribution in [2.24, 2.45) is 0 Å². The number of nitrogens with one attached hydrogen (secondary N) is 1. The lowest BCUT2D eigenvalue weighted by atomic mass is 10.1. The third-order valence-corrected chi connectivity index (χ3v) is 5.84. The standard InChI is InChI=1S/C19H23N3O3S/c1-4-6-18(19(23)20-3)22(14-16-7-5-12-21-13-16)26(24,25)17-10-8-15(2)9-11-17/h4-5,7-13,18H,1,6,14H2,2-3H3,(H,20,23)/t18-/m1/s1. The normalized spacial score (nSPS) is 12.6. The Morgan fingerprint density at radius 1 is 1.31 bits per heavy atom. The number of aryl methyl sites for hydroxylation is 1. The number of nitrogens with zero attached hydrogens (tertiary/aromatic N) is 2. The van der Waals surface area contributed by atoms with E-state index in [1.165, 1.54) is 11.4 Å². The monoisotopic (exact) mass is 373 g/mol. The molecule has 0 aliphatic carbocycles. The highest BCUT2D eigenvalue weighted by Crippen LogP contribution is 2.23. The number of amides is 1. The molecule has 0 aliphatic heterocycles. The average Bonchev–Trinajstić information content (AvgIpc) is 2.65. The molecule has 1 amide bonds. The fraction of sp³-hybridized carbons (Fsp3) is 0.263. The topological polar surface area (TPSA) is 79.4 Å². The minimum atomic E-state index is -3.90. The lowest BCUT2D eigenvalue weighted by molar-refractivity contribution is -0.124. The van der Waals surface area contributed by atoms with Gasteiger partial charge in [-0.05, 0) is 37.1 Å². The van der Waals surface area contributed by atoms with E-state index in [0.29, 0.717) is 5.56 Å². The summed E-state index contributed by atoms with van der Waals surface area (Å²) >= 11 is 0. The molecule has 0 aliphatic rings. The second-order valence-electron chi connectivity index (χ2n) is 5.88. The molecule has 0 fully saturated rings. The molecular weight excluding hydrogens is 350 g/mol. The largest absolute Gasteiger partial charge is 0.358 e. The van der Waals surface area contributed by atoms with Crippen molar-refractivity contribution in [3.05, 3.63) is 72.6 Å². The number of hydrogen-bond acceptors (Lipinski definition) is 4. The van der Waals surface area contributed by atoms with Crippen LogP contribution in [0.25, 0.3) is 0 Å². The van der Waals surface area contributed by atoms with Crippen molar-refractivity contribution in [3.63, 3.8) is 0 Å². The Kier molecular flexibility index (Phi) is 6.65. The Hall–Kier alpha value is -2.51. The molecule has 0 saturated heterocycles. The molecule has 1 heterocycles. The lowest BCUT2D eigenvalue weighted by Gasteiger charge is -2.29. The van der Waals surface area contributed by atoms with E-state index in [4.69, 9.17) is 0 Å². The Bertz CT molecular complexity index is 849. The minimum absolute atomic E-state index is 0.0377. The van der Waals surface area contributed by atoms with Gasteiger partial charge in [0.05, 0.1) is 4.90 Å². The van der Waals surface area contributed by atoms with Gasteiger partial charge in [-0.25, -0.2) is 8.42 Å². The van der Waals surface area contributed by atoms with Gasteiger partial charge in [0, 0.05) is 26.0 Å². The van der Waals surface area contributed by atoms with Crippen molar-refractivity contribution in [1.82, 2.24) is 14.6 Å². The zero-order valence-electron chi connectivity index (χ0n) is 14.9. The smallest absolute Gasteiger partial charge is 0.244 e. The van der Waals surface area contributed by atoms with Gasteiger partial charge in [0.15, 0.2) is 0 Å². The van der Waals surface area contributed by atoms with Gasteiger partial charge in [0.2, 0.25) is 15.9 Å². The molecule has 2 aromatic rings. The van der Waals surface area contributed by atoms with Gasteiger partial charge in [-0.1, -0.05) is 29.8 Å². The van der Waals surface area contributed by atoms with Gasteiger partial charge >= 0.3 is 0 Å². The molecule has 7 heteroatoms. The summed E-state index contributed by atoms with van der Waals surface area (Å²) < 4.78 is 27.8. The molecule has 0 bridgehead atoms. The molecule has 0 radical (unpaired) electrons. The van der Waals surface area contributed by atoms with Crippen molar-refractivity contribution in [2.75, 3.05) is 7.05 Å². The maximum atomic E-state index is 13.3. The zero-order chi connectivity index (χ0) is 19.2. The summed E-state index contributed by atoms with van der Waals surface area (Å²) in [5.41, 5.74) is 1.65. The molecule has 6 nitrogen and oxygen atoms in total. The fourth-order valence-electron chi connectivity index (χ4n) is 2.56. The van der Waals surface area contributed by atoms with Crippen LogP contribution < -0.4 is 5.32 Å². The summed E-state index contributed by atoms with van der Waals surface area (Å²) in [6.07, 6.45) is 4.95. The lowest BCUT2D eigenvalue weighted by Crippen LogP contribution is -2.48. The van der Waals surface area contributed by atoms with Gasteiger partial charge < -0.3 is 5.32 Å². The van der Waals surface area contributed by atoms with E-state index in [-0.39, 0.29) is 23.8 Å². The summed E-state index contributed by atoms with van der Waals surface area (Å²) in [7, 11) is -2.41. The molecule has 0 spiro atoms. The number of benzene rings is 1. The van der Waals surface area contributed by atoms with E-state index in [1.54, 1.807) is 54.9 Å². The van der Waals surface area contributed by atoms with Crippen LogP contribution in [0.5, 0.6) is 0 Å². The van der Waals surface area contributed by atoms with Crippen LogP contribution in [0.2, 0.25) is 0 Å². The second-order valence-corrected chi connectivity index (χ2v) is 7.77. The molecule has 1 atom stereocenters. The van der Waals surface area contributed by atoms with Gasteiger partial charge in [-0.3, -0.25) is 9.78 Å². The second kappa shape index (κ2) is 8.73. The number of aromatic nitrogens is 1. The molecule has 1 aromatic heterocycles. The number of hydrogen-bond donors (Lipinski definition) is 1. The Morgan fingerprint density at radius 3 is 2.54 bits per heavy atom. The average molecular weight is 373 g/mol. The van der Waals surface area contributed by atoms with Crippen molar-refractivity contribution in [1.29, 1.82) is 0 Å². The van der Waals surface area contributed by atoms with Crippen LogP contribution in [-0.2, 0) is 21.4 Å². The van der Waals surface area contributed by atoms with E-state index < -0.39 is 16.1 Å². The zero-order valence-corrected chi connectivity index (χ0v) is 15.7. The molecule has 0 saturated carbocycles. The van der Waals surface area contributed by atoms with Gasteiger partial charge in [0.25, 0.3) is 0 Å². The minimum Gasteiger partial charge on any atom is -0.358 e. The maximum absolute atomic E-state index is 13.3. The molecule has 26 heavy (non-hydrogen) atoms. The quantitative estimate of drug-likeness (QED) is 0.720. The number of carbonyl (C=O) groups excluding carboxylic acids is 1. The molecular formula is C19H23N3O3S. The summed E-state index contributed by atoms with van der Waals surface area (Å²) in [4.78, 5) is 16.6. The number of likely N-dealkylation sites (N-methyl/N-ethyl adjacent to an activating group) is 1. The van der Waals surface area contributed by atoms with Crippen LogP contribution in [0, 0.1) is 6.92 Å². The molecule has 1 aromatic carbocycles. The van der Waals surface area contributed by atoms with Gasteiger partial charge in [0.1, 0.15) is 6.04 Å². The third-order valence-electron chi connectivity index (χ3n) is 3.98. The summed E-state index contributed by atoms with van der Waals surface area (Å²) in [5.74, 6) is -0.385. The van der Waals surface area contributed by atoms with Crippen molar-refractivity contribution < 1.29 is 13.2 Å². The first-order valence-corrected chi connectivity index (χ1v) is 9.64. The van der Waals surface area contributed by atoms with Crippen molar-refractivity contribution in [3.8, 4) is 0 Å². The predicted molar refractivity (Wildman–Crippen MR) is 101 cm³/mol. The van der Waals surface area contributed by atoms with Crippen LogP contribution in [0.3, 0.4) is 0 Å². The number of pyridine rings is 1. The van der Waals surface area contributed by atoms with E-state index in [2.05, 4.69) is 16.9 Å². The number of sulfonamides is 1. The van der Waals surface area contributed by atoms with E-state index in [1.807, 2.05) is 6.92 Å². The van der Waals surface area contributed by atoms with Crippen LogP contribution in [-0.4, -0.2) is 36.7 Å². The third kappa shape index (κ3) is 4.56. The Balaban J connectivity index is 2.52. The van der Waals surface area contributed by atoms with Crippen LogP contribution in [0.4, 0.5) is 0 Å². The SMILES string of the molecule is C=CC[C@H](C(=O)NC)N(Cc1cccnc1)S(=O)(=O)c1ccc(C)cc1. The molecule has 0 unspecified atom stereocenters. The maximum Gasteiger partial charge on any atom is 0.244 e. The predicted octanol–water partition coefficient (Wildman–Crippen LogP) is 2.27. The van der Waals surface area contributed by atoms with E-state index >= 15 is 0 Å². The van der Waals surface area contributed by atoms with Crippen molar-refractivity contribution in [2.45, 2.75) is 30.8 Å². The van der Waals surface area contributed by atoms with Crippen LogP contribution >= 0.6 is 0 Å². The van der Waals surface area contributed by atoms with Crippen LogP contribution in [0.15, 0.2) is 66.3 Å². The first-order chi connectivity index (χ1) is 12.4. The Labute approximate surface area is 154 Å². The first-order valence-electron chi connectivity index (χ1n) is 8.20. The molecule has 2 rings (SSSR count). The Morgan fingerprint density at radius 2 is 2.00 bits per heavy atom. The number of rotatable bonds is 8. The highest BCUT2D eigenvalue weighted by Gasteiger charge is 2.35. The first kappa shape index (κ1) is 19.8. The summed E-state index contributed by atoms with van der Waals surface area (Å²) in [6.45, 7) is 5.58. The highest BCUT2D eigenvalue weighted by molar-refractivity contribution is 7.89. The van der Waals surface area contributed by atoms with E-state index in [9.17, 15) is 13.2 Å². The molecule has 1 N–H and O–H groups in total. The highest BCUT2D eigenvalue weighted by atomic mass is 32.2. The van der Waals surface area contributed by atoms with Crippen molar-refractivity contribution >= 4 is 15.9 Å². The van der Waals surface area contributed by atoms with Gasteiger partial charge in [-0.15, -0.1) is 6.58 Å². The molecule has 138 valence electrons. The van der Waals surface area contributed by atoms with Crippen LogP contribution in [0.1, 0.15) is 17.5 Å². The summed E-state index contributed by atoms with van der Waals surface area (Å²) in [5, 5.41) is 2.54. The van der Waals surface area contributed by atoms with E-state index in [0.717, 1.165) is 5.56 Å².